The number of hydrogen-bond donors (Lipinski definition) is 2. The zero-order chi connectivity index (χ0) is 12.8. The zero-order valence-electron chi connectivity index (χ0n) is 10.1. The van der Waals surface area contributed by atoms with E-state index >= 15 is 0 Å². The highest BCUT2D eigenvalue weighted by Crippen LogP contribution is 2.24. The molecule has 1 amide bonds. The maximum Gasteiger partial charge on any atom is 0.236 e. The van der Waals surface area contributed by atoms with E-state index in [-0.39, 0.29) is 43.2 Å². The van der Waals surface area contributed by atoms with Gasteiger partial charge in [-0.3, -0.25) is 4.79 Å². The number of pyridine rings is 1. The van der Waals surface area contributed by atoms with Gasteiger partial charge in [0.15, 0.2) is 0 Å². The van der Waals surface area contributed by atoms with Crippen molar-refractivity contribution in [1.82, 2.24) is 10.3 Å². The van der Waals surface area contributed by atoms with Crippen LogP contribution in [-0.2, 0) is 4.79 Å². The number of carbonyl (C=O) groups is 1. The molecule has 1 atom stereocenters. The summed E-state index contributed by atoms with van der Waals surface area (Å²) >= 11 is 11.5. The van der Waals surface area contributed by atoms with Crippen molar-refractivity contribution < 1.29 is 9.53 Å². The number of carbonyl (C=O) groups excluding carboxylic acids is 1. The smallest absolute Gasteiger partial charge is 0.236 e. The topological polar surface area (TPSA) is 77.2 Å². The molecule has 0 spiro atoms. The van der Waals surface area contributed by atoms with Gasteiger partial charge in [-0.05, 0) is 13.0 Å². The molecule has 9 heteroatoms. The number of hydrogen-bond acceptors (Lipinski definition) is 4. The Morgan fingerprint density at radius 1 is 1.53 bits per heavy atom. The maximum atomic E-state index is 11.1. The van der Waals surface area contributed by atoms with Crippen molar-refractivity contribution in [2.24, 2.45) is 5.73 Å². The number of ether oxygens (including phenoxy) is 1. The van der Waals surface area contributed by atoms with Crippen molar-refractivity contribution in [2.75, 3.05) is 13.2 Å². The lowest BCUT2D eigenvalue weighted by Crippen LogP contribution is -2.40. The Kier molecular flexibility index (Phi) is 11.3. The van der Waals surface area contributed by atoms with Gasteiger partial charge in [0.25, 0.3) is 0 Å². The van der Waals surface area contributed by atoms with Gasteiger partial charge in [-0.15, -0.1) is 24.8 Å². The molecule has 0 aromatic carbocycles. The zero-order valence-corrected chi connectivity index (χ0v) is 13.2. The highest BCUT2D eigenvalue weighted by molar-refractivity contribution is 6.35. The van der Waals surface area contributed by atoms with Crippen LogP contribution in [0.3, 0.4) is 0 Å². The molecule has 1 heterocycles. The van der Waals surface area contributed by atoms with E-state index in [4.69, 9.17) is 33.7 Å². The maximum absolute atomic E-state index is 11.1. The van der Waals surface area contributed by atoms with Crippen molar-refractivity contribution in [1.29, 1.82) is 0 Å². The van der Waals surface area contributed by atoms with Crippen LogP contribution in [0.5, 0.6) is 5.88 Å². The Labute approximate surface area is 134 Å². The first kappa shape index (κ1) is 20.8. The van der Waals surface area contributed by atoms with Crippen LogP contribution in [-0.4, -0.2) is 30.1 Å². The first-order valence-electron chi connectivity index (χ1n) is 4.98. The average molecular weight is 351 g/mol. The van der Waals surface area contributed by atoms with Gasteiger partial charge in [0.1, 0.15) is 11.6 Å². The van der Waals surface area contributed by atoms with Crippen molar-refractivity contribution in [3.05, 3.63) is 22.3 Å². The first-order chi connectivity index (χ1) is 8.00. The van der Waals surface area contributed by atoms with Crippen LogP contribution in [0.4, 0.5) is 0 Å². The summed E-state index contributed by atoms with van der Waals surface area (Å²) in [5, 5.41) is 3.36. The number of amides is 1. The van der Waals surface area contributed by atoms with Crippen molar-refractivity contribution >= 4 is 53.9 Å². The van der Waals surface area contributed by atoms with Gasteiger partial charge < -0.3 is 15.8 Å². The van der Waals surface area contributed by atoms with Crippen molar-refractivity contribution in [3.8, 4) is 5.88 Å². The molecule has 0 saturated carbocycles. The third kappa shape index (κ3) is 7.64. The van der Waals surface area contributed by atoms with E-state index in [0.29, 0.717) is 16.6 Å². The number of aromatic nitrogens is 1. The van der Waals surface area contributed by atoms with Gasteiger partial charge in [0.05, 0.1) is 17.6 Å². The number of nitrogens with zero attached hydrogens (tertiary/aromatic N) is 1. The summed E-state index contributed by atoms with van der Waals surface area (Å²) in [7, 11) is 0. The molecule has 5 nitrogen and oxygen atoms in total. The van der Waals surface area contributed by atoms with Gasteiger partial charge in [-0.2, -0.15) is 0 Å². The van der Waals surface area contributed by atoms with Crippen LogP contribution in [0.15, 0.2) is 12.3 Å². The van der Waals surface area contributed by atoms with E-state index in [1.54, 1.807) is 6.92 Å². The summed E-state index contributed by atoms with van der Waals surface area (Å²) < 4.78 is 5.26. The van der Waals surface area contributed by atoms with E-state index in [2.05, 4.69) is 10.3 Å². The minimum Gasteiger partial charge on any atom is -0.475 e. The summed E-state index contributed by atoms with van der Waals surface area (Å²) in [6.45, 7) is 2.20. The fourth-order valence-electron chi connectivity index (χ4n) is 0.991. The number of halogens is 4. The highest BCUT2D eigenvalue weighted by Gasteiger charge is 2.07. The SMILES string of the molecule is CC(N)C(=O)NCCOc1ncc(Cl)cc1Cl.Cl.Cl. The fraction of sp³-hybridized carbons (Fsp3) is 0.400. The molecule has 0 saturated heterocycles. The minimum absolute atomic E-state index is 0. The summed E-state index contributed by atoms with van der Waals surface area (Å²) in [6.07, 6.45) is 1.43. The predicted octanol–water partition coefficient (Wildman–Crippen LogP) is 2.07. The van der Waals surface area contributed by atoms with Gasteiger partial charge in [0.2, 0.25) is 11.8 Å². The molecule has 1 aromatic heterocycles. The Hall–Kier alpha value is -0.460. The second kappa shape index (κ2) is 10.3. The van der Waals surface area contributed by atoms with E-state index in [0.717, 1.165) is 0 Å². The molecule has 3 N–H and O–H groups in total. The van der Waals surface area contributed by atoms with E-state index < -0.39 is 6.04 Å². The fourth-order valence-corrected chi connectivity index (χ4v) is 1.43. The molecular formula is C10H15Cl4N3O2. The van der Waals surface area contributed by atoms with Gasteiger partial charge >= 0.3 is 0 Å². The largest absolute Gasteiger partial charge is 0.475 e. The van der Waals surface area contributed by atoms with Gasteiger partial charge in [-0.1, -0.05) is 23.2 Å². The first-order valence-corrected chi connectivity index (χ1v) is 5.73. The monoisotopic (exact) mass is 349 g/mol. The van der Waals surface area contributed by atoms with E-state index in [9.17, 15) is 4.79 Å². The van der Waals surface area contributed by atoms with Crippen LogP contribution in [0.25, 0.3) is 0 Å². The van der Waals surface area contributed by atoms with Gasteiger partial charge in [-0.25, -0.2) is 4.98 Å². The summed E-state index contributed by atoms with van der Waals surface area (Å²) in [4.78, 5) is 15.0. The Balaban J connectivity index is 0. The molecule has 1 rings (SSSR count). The Morgan fingerprint density at radius 3 is 2.68 bits per heavy atom. The molecule has 0 bridgehead atoms. The second-order valence-electron chi connectivity index (χ2n) is 3.37. The minimum atomic E-state index is -0.535. The van der Waals surface area contributed by atoms with E-state index in [1.165, 1.54) is 12.3 Å². The molecule has 0 aliphatic carbocycles. The van der Waals surface area contributed by atoms with Crippen LogP contribution in [0, 0.1) is 0 Å². The molecule has 0 fully saturated rings. The molecular weight excluding hydrogens is 336 g/mol. The van der Waals surface area contributed by atoms with Crippen LogP contribution >= 0.6 is 48.0 Å². The van der Waals surface area contributed by atoms with E-state index in [1.807, 2.05) is 0 Å². The van der Waals surface area contributed by atoms with Crippen LogP contribution < -0.4 is 15.8 Å². The van der Waals surface area contributed by atoms with Crippen LogP contribution in [0.2, 0.25) is 10.0 Å². The third-order valence-corrected chi connectivity index (χ3v) is 2.31. The van der Waals surface area contributed by atoms with Crippen molar-refractivity contribution in [3.63, 3.8) is 0 Å². The predicted molar refractivity (Wildman–Crippen MR) is 80.9 cm³/mol. The number of nitrogens with one attached hydrogen (secondary N) is 1. The molecule has 1 unspecified atom stereocenters. The molecule has 1 aromatic rings. The van der Waals surface area contributed by atoms with Gasteiger partial charge in [0, 0.05) is 6.20 Å². The lowest BCUT2D eigenvalue weighted by molar-refractivity contribution is -0.122. The third-order valence-electron chi connectivity index (χ3n) is 1.83. The molecule has 0 aliphatic heterocycles. The lowest BCUT2D eigenvalue weighted by atomic mass is 10.3. The Morgan fingerprint density at radius 2 is 2.16 bits per heavy atom. The van der Waals surface area contributed by atoms with Crippen molar-refractivity contribution in [2.45, 2.75) is 13.0 Å². The quantitative estimate of drug-likeness (QED) is 0.797. The lowest BCUT2D eigenvalue weighted by Gasteiger charge is -2.09. The van der Waals surface area contributed by atoms with Crippen LogP contribution in [0.1, 0.15) is 6.92 Å². The normalized spacial score (nSPS) is 10.7. The molecule has 0 radical (unpaired) electrons. The highest BCUT2D eigenvalue weighted by atomic mass is 35.5. The Bertz CT molecular complexity index is 404. The summed E-state index contributed by atoms with van der Waals surface area (Å²) in [5.74, 6) is 0.0508. The second-order valence-corrected chi connectivity index (χ2v) is 4.21. The standard InChI is InChI=1S/C10H13Cl2N3O2.2ClH/c1-6(13)9(16)14-2-3-17-10-8(12)4-7(11)5-15-10;;/h4-6H,2-3,13H2,1H3,(H,14,16);2*1H. The summed E-state index contributed by atoms with van der Waals surface area (Å²) in [6, 6.07) is 0.999. The average Bonchev–Trinajstić information content (AvgIpc) is 2.26. The number of nitrogens with two attached hydrogens (primary N) is 1. The molecule has 0 aliphatic rings. The summed E-state index contributed by atoms with van der Waals surface area (Å²) in [5.41, 5.74) is 5.37. The number of rotatable bonds is 5. The molecule has 110 valence electrons. The molecule has 19 heavy (non-hydrogen) atoms.